The predicted octanol–water partition coefficient (Wildman–Crippen LogP) is 8.80. The molecule has 2 atom stereocenters. The first-order valence-corrected chi connectivity index (χ1v) is 20.4. The van der Waals surface area contributed by atoms with Gasteiger partial charge in [0.25, 0.3) is 10.0 Å². The fraction of sp³-hybridized carbons (Fsp3) is 0.289. The highest BCUT2D eigenvalue weighted by Crippen LogP contribution is 2.56. The van der Waals surface area contributed by atoms with E-state index in [1.54, 1.807) is 42.5 Å². The van der Waals surface area contributed by atoms with Gasteiger partial charge in [0.05, 0.1) is 42.6 Å². The molecule has 2 unspecified atom stereocenters. The molecular formula is C38H33ClF4N6O8S2. The molecule has 59 heavy (non-hydrogen) atoms. The summed E-state index contributed by atoms with van der Waals surface area (Å²) in [5.74, 6) is -3.49. The van der Waals surface area contributed by atoms with Crippen molar-refractivity contribution in [1.29, 1.82) is 0 Å². The van der Waals surface area contributed by atoms with Crippen LogP contribution in [0.5, 0.6) is 17.2 Å². The summed E-state index contributed by atoms with van der Waals surface area (Å²) in [5.41, 5.74) is -2.00. The Balaban J connectivity index is 1.33. The number of rotatable bonds is 13. The number of ether oxygens (including phenoxy) is 4. The Kier molecular flexibility index (Phi) is 11.7. The summed E-state index contributed by atoms with van der Waals surface area (Å²) in [6.07, 6.45) is -2.12. The van der Waals surface area contributed by atoms with Crippen molar-refractivity contribution in [3.63, 3.8) is 0 Å². The Bertz CT molecular complexity index is 2530. The molecular weight excluding hydrogens is 844 g/mol. The maximum Gasteiger partial charge on any atom is 0.406 e. The number of sulfonamides is 1. The van der Waals surface area contributed by atoms with E-state index in [0.29, 0.717) is 48.3 Å². The summed E-state index contributed by atoms with van der Waals surface area (Å²) in [6.45, 7) is -0.146. The maximum absolute atomic E-state index is 16.3. The van der Waals surface area contributed by atoms with Crippen LogP contribution in [0.15, 0.2) is 95.2 Å². The van der Waals surface area contributed by atoms with Gasteiger partial charge in [-0.15, -0.1) is 10.2 Å². The molecule has 2 aromatic heterocycles. The fourth-order valence-corrected chi connectivity index (χ4v) is 9.45. The smallest absolute Gasteiger partial charge is 0.406 e. The van der Waals surface area contributed by atoms with Crippen molar-refractivity contribution in [2.45, 2.75) is 54.9 Å². The molecule has 3 heterocycles. The SMILES string of the molecule is COc1ccc(CN(c2nncs2)S(=O)(=O)c2cc(Cl)c(OC3=CC=C(c4ccccc4)CC3(c3cn(C4CCCCO4)nc3[N+](=O)[O-])C(F)(F)F)cc2F)c(OC)c1. The minimum Gasteiger partial charge on any atom is -0.497 e. The highest BCUT2D eigenvalue weighted by molar-refractivity contribution is 7.93. The molecule has 3 aromatic carbocycles. The zero-order chi connectivity index (χ0) is 42.1. The second-order valence-corrected chi connectivity index (χ2v) is 16.4. The Labute approximate surface area is 343 Å². The molecule has 310 valence electrons. The average molecular weight is 877 g/mol. The Morgan fingerprint density at radius 3 is 2.51 bits per heavy atom. The van der Waals surface area contributed by atoms with Crippen LogP contribution in [0.3, 0.4) is 0 Å². The number of nitrogens with zero attached hydrogens (tertiary/aromatic N) is 6. The van der Waals surface area contributed by atoms with Gasteiger partial charge in [-0.2, -0.15) is 17.9 Å². The monoisotopic (exact) mass is 876 g/mol. The van der Waals surface area contributed by atoms with Gasteiger partial charge in [0.15, 0.2) is 11.6 Å². The van der Waals surface area contributed by atoms with Crippen molar-refractivity contribution < 1.29 is 49.9 Å². The van der Waals surface area contributed by atoms with Gasteiger partial charge in [0.1, 0.15) is 39.2 Å². The fourth-order valence-electron chi connectivity index (χ4n) is 6.93. The van der Waals surface area contributed by atoms with Gasteiger partial charge < -0.3 is 29.1 Å². The first kappa shape index (κ1) is 41.6. The topological polar surface area (TPSA) is 161 Å². The summed E-state index contributed by atoms with van der Waals surface area (Å²) in [7, 11) is -2.08. The molecule has 0 spiro atoms. The number of nitro groups is 1. The van der Waals surface area contributed by atoms with E-state index in [0.717, 1.165) is 32.6 Å². The van der Waals surface area contributed by atoms with Gasteiger partial charge >= 0.3 is 12.0 Å². The molecule has 1 aliphatic carbocycles. The van der Waals surface area contributed by atoms with Gasteiger partial charge in [0, 0.05) is 24.3 Å². The Hall–Kier alpha value is -5.57. The molecule has 0 saturated carbocycles. The second kappa shape index (κ2) is 16.6. The minimum atomic E-state index is -5.31. The molecule has 14 nitrogen and oxygen atoms in total. The highest BCUT2D eigenvalue weighted by atomic mass is 35.5. The quantitative estimate of drug-likeness (QED) is 0.0632. The lowest BCUT2D eigenvalue weighted by Crippen LogP contribution is -2.47. The van der Waals surface area contributed by atoms with Crippen LogP contribution in [-0.2, 0) is 26.7 Å². The van der Waals surface area contributed by atoms with Crippen molar-refractivity contribution in [1.82, 2.24) is 20.0 Å². The molecule has 21 heteroatoms. The molecule has 0 radical (unpaired) electrons. The van der Waals surface area contributed by atoms with E-state index in [1.165, 1.54) is 31.9 Å². The Morgan fingerprint density at radius 1 is 1.08 bits per heavy atom. The van der Waals surface area contributed by atoms with E-state index in [-0.39, 0.29) is 23.1 Å². The Morgan fingerprint density at radius 2 is 1.86 bits per heavy atom. The molecule has 0 bridgehead atoms. The van der Waals surface area contributed by atoms with Crippen LogP contribution >= 0.6 is 22.9 Å². The van der Waals surface area contributed by atoms with Gasteiger partial charge in [-0.1, -0.05) is 59.3 Å². The van der Waals surface area contributed by atoms with E-state index in [9.17, 15) is 18.5 Å². The van der Waals surface area contributed by atoms with Crippen molar-refractivity contribution >= 4 is 49.5 Å². The third-order valence-corrected chi connectivity index (χ3v) is 12.8. The van der Waals surface area contributed by atoms with Crippen molar-refractivity contribution in [3.05, 3.63) is 128 Å². The van der Waals surface area contributed by atoms with Gasteiger partial charge in [-0.05, 0) is 66.0 Å². The minimum absolute atomic E-state index is 0.148. The maximum atomic E-state index is 16.3. The van der Waals surface area contributed by atoms with Gasteiger partial charge in [0.2, 0.25) is 5.13 Å². The summed E-state index contributed by atoms with van der Waals surface area (Å²) >= 11 is 7.40. The van der Waals surface area contributed by atoms with E-state index in [1.807, 2.05) is 0 Å². The van der Waals surface area contributed by atoms with Crippen molar-refractivity contribution in [2.75, 3.05) is 25.1 Å². The van der Waals surface area contributed by atoms with Gasteiger partial charge in [-0.25, -0.2) is 17.1 Å². The van der Waals surface area contributed by atoms with Gasteiger partial charge in [-0.3, -0.25) is 0 Å². The number of hydrogen-bond acceptors (Lipinski definition) is 12. The zero-order valence-electron chi connectivity index (χ0n) is 31.1. The number of allylic oxidation sites excluding steroid dienone is 4. The highest BCUT2D eigenvalue weighted by Gasteiger charge is 2.64. The molecule has 0 amide bonds. The molecule has 1 fully saturated rings. The van der Waals surface area contributed by atoms with E-state index in [2.05, 4.69) is 15.3 Å². The van der Waals surface area contributed by atoms with Crippen molar-refractivity contribution in [2.24, 2.45) is 0 Å². The average Bonchev–Trinajstić information content (AvgIpc) is 3.93. The second-order valence-electron chi connectivity index (χ2n) is 13.3. The molecule has 1 aliphatic heterocycles. The van der Waals surface area contributed by atoms with Crippen LogP contribution in [-0.4, -0.2) is 60.3 Å². The van der Waals surface area contributed by atoms with Crippen LogP contribution in [0.4, 0.5) is 28.5 Å². The molecule has 1 saturated heterocycles. The van der Waals surface area contributed by atoms with Crippen LogP contribution in [0.25, 0.3) is 5.57 Å². The number of halogens is 5. The molecule has 2 aliphatic rings. The van der Waals surface area contributed by atoms with Crippen LogP contribution < -0.4 is 18.5 Å². The van der Waals surface area contributed by atoms with Crippen LogP contribution in [0.2, 0.25) is 5.02 Å². The first-order valence-electron chi connectivity index (χ1n) is 17.7. The van der Waals surface area contributed by atoms with Crippen molar-refractivity contribution in [3.8, 4) is 17.2 Å². The number of methoxy groups -OCH3 is 2. The van der Waals surface area contributed by atoms with E-state index in [4.69, 9.17) is 30.5 Å². The standard InChI is InChI=1S/C38H33ClF4N6O8S2/c1-54-26-13-11-25(30(16-26)55-2)20-48(36-45-44-22-58-36)59(52,53)32-17-28(39)31(18-29(32)40)57-33-14-12-24(23-8-4-3-5-9-23)19-37(33,38(41,42)43)27-21-47(46-35(27)49(50)51)34-10-6-7-15-56-34/h3-5,8-9,11-14,16-18,21-22,34H,6-7,10,15,19-20H2,1-2H3. The summed E-state index contributed by atoms with van der Waals surface area (Å²) < 4.78 is 117. The lowest BCUT2D eigenvalue weighted by atomic mass is 9.70. The number of aromatic nitrogens is 4. The number of anilines is 1. The normalized spacial score (nSPS) is 18.5. The first-order chi connectivity index (χ1) is 28.2. The van der Waals surface area contributed by atoms with E-state index < -0.39 is 84.4 Å². The molecule has 5 aromatic rings. The third-order valence-electron chi connectivity index (χ3n) is 9.88. The molecule has 0 N–H and O–H groups in total. The zero-order valence-corrected chi connectivity index (χ0v) is 33.4. The van der Waals surface area contributed by atoms with Crippen LogP contribution in [0.1, 0.15) is 48.6 Å². The number of hydrogen-bond donors (Lipinski definition) is 0. The summed E-state index contributed by atoms with van der Waals surface area (Å²) in [6, 6.07) is 14.0. The lowest BCUT2D eigenvalue weighted by Gasteiger charge is -2.38. The largest absolute Gasteiger partial charge is 0.497 e. The third kappa shape index (κ3) is 7.96. The summed E-state index contributed by atoms with van der Waals surface area (Å²) in [4.78, 5) is 10.5. The van der Waals surface area contributed by atoms with E-state index >= 15 is 17.6 Å². The van der Waals surface area contributed by atoms with Crippen LogP contribution in [0, 0.1) is 15.9 Å². The summed E-state index contributed by atoms with van der Waals surface area (Å²) in [5, 5.41) is 23.3. The number of benzene rings is 3. The molecule has 7 rings (SSSR count). The predicted molar refractivity (Wildman–Crippen MR) is 207 cm³/mol. The lowest BCUT2D eigenvalue weighted by molar-refractivity contribution is -0.391. The number of alkyl halides is 3.